The summed E-state index contributed by atoms with van der Waals surface area (Å²) in [6, 6.07) is 11.0. The molecule has 1 unspecified atom stereocenters. The quantitative estimate of drug-likeness (QED) is 0.139. The fourth-order valence-electron chi connectivity index (χ4n) is 3.35. The number of aryl methyl sites for hydroxylation is 1. The lowest BCUT2D eigenvalue weighted by Crippen LogP contribution is -2.40. The van der Waals surface area contributed by atoms with Gasteiger partial charge in [0.15, 0.2) is 8.32 Å². The third kappa shape index (κ3) is 11.2. The molecule has 238 valence electrons. The Labute approximate surface area is 253 Å². The number of hydrogen-bond donors (Lipinski definition) is 1. The molecule has 0 aromatic heterocycles. The SMILES string of the molecule is Cc1ccc(S(=O)(=O)OCC(O)c2ccc(OP(=O)(OC(C)(C)C)OC(C)(C)C)c(CO[Si](C)(C)C(C)(C)C)c2)cc1. The first-order valence-electron chi connectivity index (χ1n) is 13.9. The van der Waals surface area contributed by atoms with Crippen LogP contribution in [0.2, 0.25) is 18.1 Å². The van der Waals surface area contributed by atoms with Crippen molar-refractivity contribution in [3.63, 3.8) is 0 Å². The zero-order valence-corrected chi connectivity index (χ0v) is 29.8. The second-order valence-corrected chi connectivity index (χ2v) is 21.8. The second-order valence-electron chi connectivity index (χ2n) is 13.9. The highest BCUT2D eigenvalue weighted by Crippen LogP contribution is 2.56. The summed E-state index contributed by atoms with van der Waals surface area (Å²) in [6.07, 6.45) is -1.28. The molecule has 0 fully saturated rings. The number of phosphoric ester groups is 1. The molecule has 1 N–H and O–H groups in total. The number of phosphoric acid groups is 1. The van der Waals surface area contributed by atoms with Crippen molar-refractivity contribution in [1.82, 2.24) is 0 Å². The van der Waals surface area contributed by atoms with Gasteiger partial charge in [0.05, 0.1) is 29.3 Å². The van der Waals surface area contributed by atoms with Crippen molar-refractivity contribution in [1.29, 1.82) is 0 Å². The lowest BCUT2D eigenvalue weighted by Gasteiger charge is -2.36. The summed E-state index contributed by atoms with van der Waals surface area (Å²) in [6.45, 7) is 22.5. The highest BCUT2D eigenvalue weighted by atomic mass is 32.2. The van der Waals surface area contributed by atoms with Crippen LogP contribution in [0.1, 0.15) is 85.1 Å². The fraction of sp³-hybridized carbons (Fsp3) is 0.600. The van der Waals surface area contributed by atoms with E-state index < -0.39 is 50.2 Å². The summed E-state index contributed by atoms with van der Waals surface area (Å²) >= 11 is 0. The van der Waals surface area contributed by atoms with E-state index in [0.717, 1.165) is 5.56 Å². The number of aliphatic hydroxyl groups excluding tert-OH is 1. The Kier molecular flexibility index (Phi) is 11.5. The average molecular weight is 645 g/mol. The fourth-order valence-corrected chi connectivity index (χ4v) is 7.09. The van der Waals surface area contributed by atoms with E-state index in [1.54, 1.807) is 71.9 Å². The van der Waals surface area contributed by atoms with Crippen LogP contribution < -0.4 is 4.52 Å². The molecule has 0 amide bonds. The van der Waals surface area contributed by atoms with Gasteiger partial charge in [-0.1, -0.05) is 44.5 Å². The van der Waals surface area contributed by atoms with Crippen molar-refractivity contribution in [2.75, 3.05) is 6.61 Å². The Bertz CT molecular complexity index is 1330. The molecule has 0 spiro atoms. The smallest absolute Gasteiger partial charge is 0.412 e. The maximum absolute atomic E-state index is 13.9. The van der Waals surface area contributed by atoms with Crippen molar-refractivity contribution in [3.05, 3.63) is 59.2 Å². The minimum atomic E-state index is -4.13. The molecule has 0 heterocycles. The molecule has 0 saturated heterocycles. The summed E-state index contributed by atoms with van der Waals surface area (Å²) in [7, 11) is -10.4. The Morgan fingerprint density at radius 3 is 1.88 bits per heavy atom. The Hall–Kier alpha value is -1.56. The van der Waals surface area contributed by atoms with Crippen molar-refractivity contribution >= 4 is 26.3 Å². The van der Waals surface area contributed by atoms with E-state index >= 15 is 0 Å². The van der Waals surface area contributed by atoms with Crippen LogP contribution in [0.4, 0.5) is 0 Å². The highest BCUT2D eigenvalue weighted by molar-refractivity contribution is 7.86. The van der Waals surface area contributed by atoms with Gasteiger partial charge in [-0.15, -0.1) is 0 Å². The number of rotatable bonds is 12. The molecule has 0 aliphatic rings. The van der Waals surface area contributed by atoms with Crippen LogP contribution in [0.15, 0.2) is 47.4 Å². The minimum Gasteiger partial charge on any atom is -0.412 e. The van der Waals surface area contributed by atoms with Gasteiger partial charge in [-0.25, -0.2) is 4.57 Å². The largest absolute Gasteiger partial charge is 0.531 e. The van der Waals surface area contributed by atoms with Gasteiger partial charge >= 0.3 is 7.82 Å². The summed E-state index contributed by atoms with van der Waals surface area (Å²) < 4.78 is 68.4. The molecule has 0 radical (unpaired) electrons. The first kappa shape index (κ1) is 36.6. The van der Waals surface area contributed by atoms with Gasteiger partial charge in [0.25, 0.3) is 10.1 Å². The standard InChI is InChI=1S/C30H49O9PSSi/c1-22-13-16-25(17-14-22)41(33,34)35-21-26(31)23-15-18-27(24(19-23)20-36-42(11,12)30(8,9)10)37-40(32,38-28(2,3)4)39-29(5,6)7/h13-19,26,31H,20-21H2,1-12H3. The van der Waals surface area contributed by atoms with E-state index in [9.17, 15) is 18.1 Å². The Morgan fingerprint density at radius 2 is 1.40 bits per heavy atom. The van der Waals surface area contributed by atoms with Crippen LogP contribution >= 0.6 is 7.82 Å². The third-order valence-corrected chi connectivity index (χ3v) is 14.3. The van der Waals surface area contributed by atoms with Crippen molar-refractivity contribution < 1.29 is 40.3 Å². The van der Waals surface area contributed by atoms with E-state index in [2.05, 4.69) is 33.9 Å². The van der Waals surface area contributed by atoms with E-state index in [-0.39, 0.29) is 22.3 Å². The zero-order chi connectivity index (χ0) is 32.4. The van der Waals surface area contributed by atoms with Crippen LogP contribution in [0, 0.1) is 6.92 Å². The normalized spacial score (nSPS) is 14.6. The number of aliphatic hydroxyl groups is 1. The van der Waals surface area contributed by atoms with Gasteiger partial charge in [0.2, 0.25) is 0 Å². The predicted molar refractivity (Wildman–Crippen MR) is 168 cm³/mol. The van der Waals surface area contributed by atoms with Gasteiger partial charge in [0.1, 0.15) is 11.9 Å². The molecule has 2 rings (SSSR count). The molecule has 0 bridgehead atoms. The van der Waals surface area contributed by atoms with E-state index in [1.165, 1.54) is 12.1 Å². The van der Waals surface area contributed by atoms with Gasteiger partial charge in [0, 0.05) is 5.56 Å². The molecule has 1 atom stereocenters. The molecule has 12 heteroatoms. The molecule has 0 saturated carbocycles. The Morgan fingerprint density at radius 1 is 0.881 bits per heavy atom. The summed E-state index contributed by atoms with van der Waals surface area (Å²) in [4.78, 5) is 0.000886. The molecule has 9 nitrogen and oxygen atoms in total. The summed E-state index contributed by atoms with van der Waals surface area (Å²) in [5.41, 5.74) is 0.102. The predicted octanol–water partition coefficient (Wildman–Crippen LogP) is 8.07. The first-order chi connectivity index (χ1) is 18.8. The van der Waals surface area contributed by atoms with Crippen molar-refractivity contribution in [3.8, 4) is 5.75 Å². The lowest BCUT2D eigenvalue weighted by molar-refractivity contribution is 0.0221. The maximum atomic E-state index is 13.9. The molecule has 2 aromatic rings. The van der Waals surface area contributed by atoms with Crippen LogP contribution in [0.25, 0.3) is 0 Å². The number of hydrogen-bond acceptors (Lipinski definition) is 9. The zero-order valence-electron chi connectivity index (χ0n) is 27.1. The topological polar surface area (TPSA) is 118 Å². The summed E-state index contributed by atoms with van der Waals surface area (Å²) in [5.74, 6) is 0.203. The van der Waals surface area contributed by atoms with Crippen LogP contribution in [-0.2, 0) is 38.9 Å². The molecule has 2 aromatic carbocycles. The van der Waals surface area contributed by atoms with E-state index in [0.29, 0.717) is 11.1 Å². The van der Waals surface area contributed by atoms with Crippen molar-refractivity contribution in [2.24, 2.45) is 0 Å². The molecule has 0 aliphatic carbocycles. The van der Waals surface area contributed by atoms with Gasteiger partial charge < -0.3 is 14.1 Å². The second kappa shape index (κ2) is 13.2. The van der Waals surface area contributed by atoms with Crippen LogP contribution in [0.5, 0.6) is 5.75 Å². The molecular weight excluding hydrogens is 595 g/mol. The maximum Gasteiger partial charge on any atom is 0.531 e. The van der Waals surface area contributed by atoms with Gasteiger partial charge in [-0.2, -0.15) is 8.42 Å². The average Bonchev–Trinajstić information content (AvgIpc) is 2.78. The monoisotopic (exact) mass is 644 g/mol. The molecule has 0 aliphatic heterocycles. The van der Waals surface area contributed by atoms with E-state index in [1.807, 2.05) is 6.92 Å². The lowest BCUT2D eigenvalue weighted by atomic mass is 10.1. The number of benzene rings is 2. The van der Waals surface area contributed by atoms with Crippen LogP contribution in [-0.4, -0.2) is 39.7 Å². The molecular formula is C30H49O9PSSi. The Balaban J connectivity index is 2.43. The van der Waals surface area contributed by atoms with Gasteiger partial charge in [-0.3, -0.25) is 13.2 Å². The van der Waals surface area contributed by atoms with Gasteiger partial charge in [-0.05, 0) is 96.4 Å². The van der Waals surface area contributed by atoms with Crippen LogP contribution in [0.3, 0.4) is 0 Å². The molecule has 42 heavy (non-hydrogen) atoms. The third-order valence-electron chi connectivity index (χ3n) is 6.54. The van der Waals surface area contributed by atoms with E-state index in [4.69, 9.17) is 22.2 Å². The highest BCUT2D eigenvalue weighted by Gasteiger charge is 2.40. The minimum absolute atomic E-state index is 0.000886. The van der Waals surface area contributed by atoms with Crippen molar-refractivity contribution in [2.45, 2.75) is 116 Å². The summed E-state index contributed by atoms with van der Waals surface area (Å²) in [5, 5.41) is 10.8. The first-order valence-corrected chi connectivity index (χ1v) is 19.7.